The van der Waals surface area contributed by atoms with Gasteiger partial charge in [0.2, 0.25) is 0 Å². The third kappa shape index (κ3) is 5.51. The molecule has 0 spiro atoms. The van der Waals surface area contributed by atoms with Crippen LogP contribution < -0.4 is 16.6 Å². The molecule has 4 rings (SSSR count). The first-order chi connectivity index (χ1) is 18.2. The summed E-state index contributed by atoms with van der Waals surface area (Å²) in [5.74, 6) is -1.04. The van der Waals surface area contributed by atoms with Crippen molar-refractivity contribution < 1.29 is 33.5 Å². The zero-order chi connectivity index (χ0) is 28.8. The van der Waals surface area contributed by atoms with Gasteiger partial charge in [0, 0.05) is 25.1 Å². The molecule has 4 unspecified atom stereocenters. The number of ether oxygens (including phenoxy) is 2. The Morgan fingerprint density at radius 2 is 1.87 bits per heavy atom. The fraction of sp³-hybridized carbons (Fsp3) is 0.556. The van der Waals surface area contributed by atoms with Gasteiger partial charge in [-0.05, 0) is 59.2 Å². The second kappa shape index (κ2) is 10.5. The smallest absolute Gasteiger partial charge is 0.459 e. The first kappa shape index (κ1) is 28.9. The Morgan fingerprint density at radius 1 is 1.21 bits per heavy atom. The number of carbonyl (C=O) groups is 2. The number of nitrogens with two attached hydrogens (primary N) is 1. The maximum absolute atomic E-state index is 13.4. The van der Waals surface area contributed by atoms with E-state index in [4.69, 9.17) is 24.5 Å². The van der Waals surface area contributed by atoms with Crippen molar-refractivity contribution in [1.29, 1.82) is 0 Å². The molecule has 39 heavy (non-hydrogen) atoms. The van der Waals surface area contributed by atoms with Crippen molar-refractivity contribution in [2.24, 2.45) is 0 Å². The lowest BCUT2D eigenvalue weighted by Crippen LogP contribution is -2.57. The molecule has 0 aliphatic carbocycles. The third-order valence-electron chi connectivity index (χ3n) is 8.04. The van der Waals surface area contributed by atoms with Crippen LogP contribution in [0, 0.1) is 0 Å². The second-order valence-electron chi connectivity index (χ2n) is 11.1. The predicted octanol–water partition coefficient (Wildman–Crippen LogP) is 2.53. The number of pyridine rings is 2. The summed E-state index contributed by atoms with van der Waals surface area (Å²) in [6.07, 6.45) is 1.58. The fourth-order valence-electron chi connectivity index (χ4n) is 4.88. The summed E-state index contributed by atoms with van der Waals surface area (Å²) in [6, 6.07) is 4.98. The van der Waals surface area contributed by atoms with Crippen molar-refractivity contribution in [3.05, 3.63) is 41.9 Å². The Hall–Kier alpha value is -3.06. The molecule has 0 aromatic carbocycles. The van der Waals surface area contributed by atoms with Gasteiger partial charge in [-0.25, -0.2) is 4.98 Å². The van der Waals surface area contributed by atoms with Gasteiger partial charge in [0.25, 0.3) is 5.91 Å². The maximum atomic E-state index is 13.4. The molecule has 0 bridgehead atoms. The Bertz CT molecular complexity index is 1240. The third-order valence-corrected chi connectivity index (χ3v) is 8.04. The van der Waals surface area contributed by atoms with E-state index >= 15 is 0 Å². The molecule has 4 N–H and O–H groups in total. The largest absolute Gasteiger partial charge is 0.514 e. The number of aromatic nitrogens is 2. The Balaban J connectivity index is 1.59. The van der Waals surface area contributed by atoms with Crippen LogP contribution in [-0.4, -0.2) is 63.1 Å². The number of nitrogens with zero attached hydrogens (tertiary/aromatic N) is 2. The van der Waals surface area contributed by atoms with E-state index in [0.29, 0.717) is 23.3 Å². The molecule has 2 saturated heterocycles. The lowest BCUT2D eigenvalue weighted by Gasteiger charge is -2.46. The highest BCUT2D eigenvalue weighted by molar-refractivity contribution is 6.61. The van der Waals surface area contributed by atoms with E-state index in [1.165, 1.54) is 13.1 Å². The van der Waals surface area contributed by atoms with Gasteiger partial charge in [-0.2, -0.15) is 0 Å². The van der Waals surface area contributed by atoms with E-state index in [-0.39, 0.29) is 17.8 Å². The zero-order valence-electron chi connectivity index (χ0n) is 23.5. The average Bonchev–Trinajstić information content (AvgIpc) is 3.08. The minimum absolute atomic E-state index is 0.00749. The number of aliphatic hydroxyl groups is 1. The van der Waals surface area contributed by atoms with Crippen LogP contribution in [0.1, 0.15) is 83.5 Å². The van der Waals surface area contributed by atoms with Crippen molar-refractivity contribution in [2.75, 3.05) is 11.1 Å². The van der Waals surface area contributed by atoms with Gasteiger partial charge in [0.05, 0.1) is 46.6 Å². The quantitative estimate of drug-likeness (QED) is 0.368. The van der Waals surface area contributed by atoms with E-state index in [2.05, 4.69) is 15.3 Å². The molecule has 0 saturated carbocycles. The van der Waals surface area contributed by atoms with Crippen molar-refractivity contribution in [3.63, 3.8) is 0 Å². The molecular formula is C27H37BN4O7. The lowest BCUT2D eigenvalue weighted by molar-refractivity contribution is -0.234. The summed E-state index contributed by atoms with van der Waals surface area (Å²) >= 11 is 0. The van der Waals surface area contributed by atoms with Crippen molar-refractivity contribution in [1.82, 2.24) is 9.97 Å². The number of nitrogen functional groups attached to an aromatic ring is 1. The summed E-state index contributed by atoms with van der Waals surface area (Å²) in [7, 11) is -0.760. The van der Waals surface area contributed by atoms with Crippen LogP contribution in [0.3, 0.4) is 0 Å². The van der Waals surface area contributed by atoms with Gasteiger partial charge in [-0.1, -0.05) is 6.92 Å². The number of hydrogen-bond donors (Lipinski definition) is 3. The number of rotatable bonds is 6. The Morgan fingerprint density at radius 3 is 2.49 bits per heavy atom. The van der Waals surface area contributed by atoms with E-state index in [0.717, 1.165) is 0 Å². The Kier molecular flexibility index (Phi) is 7.79. The standard InChI is InChI=1S/C27H37BN4O7/c1-8-27(35)15(2)36-20(13-21(27)37-16(3)33)17-11-12-30-14-19(17)31-24(34)23-18(29)9-10-22(32-23)28-38-25(4,5)26(6,7)39-28/h9-12,14-15,20-21,35H,8,13,29H2,1-7H3,(H,31,34). The molecule has 2 aliphatic rings. The lowest BCUT2D eigenvalue weighted by atomic mass is 9.81. The van der Waals surface area contributed by atoms with Crippen LogP contribution in [0.15, 0.2) is 30.6 Å². The average molecular weight is 540 g/mol. The van der Waals surface area contributed by atoms with E-state index in [1.807, 2.05) is 34.6 Å². The van der Waals surface area contributed by atoms with Gasteiger partial charge < -0.3 is 34.9 Å². The van der Waals surface area contributed by atoms with Crippen LogP contribution in [0.4, 0.5) is 11.4 Å². The van der Waals surface area contributed by atoms with E-state index < -0.39 is 54.1 Å². The molecular weight excluding hydrogens is 503 g/mol. The summed E-state index contributed by atoms with van der Waals surface area (Å²) in [4.78, 5) is 33.8. The molecule has 11 nitrogen and oxygen atoms in total. The molecule has 1 amide bonds. The number of hydrogen-bond acceptors (Lipinski definition) is 10. The first-order valence-electron chi connectivity index (χ1n) is 13.1. The number of anilines is 2. The summed E-state index contributed by atoms with van der Waals surface area (Å²) in [5, 5.41) is 14.0. The molecule has 4 atom stereocenters. The van der Waals surface area contributed by atoms with Crippen molar-refractivity contribution in [3.8, 4) is 0 Å². The number of esters is 1. The van der Waals surface area contributed by atoms with Crippen LogP contribution in [0.5, 0.6) is 0 Å². The topological polar surface area (TPSA) is 155 Å². The van der Waals surface area contributed by atoms with Gasteiger partial charge >= 0.3 is 13.1 Å². The maximum Gasteiger partial charge on any atom is 0.514 e. The second-order valence-corrected chi connectivity index (χ2v) is 11.1. The van der Waals surface area contributed by atoms with Crippen molar-refractivity contribution in [2.45, 2.75) is 96.4 Å². The molecule has 2 aromatic heterocycles. The van der Waals surface area contributed by atoms with E-state index in [1.54, 1.807) is 31.3 Å². The highest BCUT2D eigenvalue weighted by Gasteiger charge is 2.53. The summed E-state index contributed by atoms with van der Waals surface area (Å²) in [5.41, 5.74) is 5.26. The molecule has 4 heterocycles. The molecule has 2 aromatic rings. The summed E-state index contributed by atoms with van der Waals surface area (Å²) < 4.78 is 23.8. The van der Waals surface area contributed by atoms with E-state index in [9.17, 15) is 14.7 Å². The number of carbonyl (C=O) groups excluding carboxylic acids is 2. The minimum Gasteiger partial charge on any atom is -0.459 e. The van der Waals surface area contributed by atoms with Crippen LogP contribution in [0.2, 0.25) is 0 Å². The molecule has 2 fully saturated rings. The highest BCUT2D eigenvalue weighted by atomic mass is 16.7. The Labute approximate surface area is 228 Å². The number of amides is 1. The van der Waals surface area contributed by atoms with Crippen LogP contribution in [-0.2, 0) is 23.6 Å². The predicted molar refractivity (Wildman–Crippen MR) is 145 cm³/mol. The van der Waals surface area contributed by atoms with Crippen LogP contribution >= 0.6 is 0 Å². The first-order valence-corrected chi connectivity index (χ1v) is 13.1. The van der Waals surface area contributed by atoms with Gasteiger partial charge in [0.15, 0.2) is 5.69 Å². The molecule has 12 heteroatoms. The monoisotopic (exact) mass is 540 g/mol. The highest BCUT2D eigenvalue weighted by Crippen LogP contribution is 2.42. The normalized spacial score (nSPS) is 27.7. The number of nitrogens with one attached hydrogen (secondary N) is 1. The SMILES string of the molecule is CCC1(O)C(C)OC(c2ccncc2NC(=O)c2nc(B3OC(C)(C)C(C)(C)O3)ccc2N)CC1OC(C)=O. The molecule has 2 aliphatic heterocycles. The fourth-order valence-corrected chi connectivity index (χ4v) is 4.88. The molecule has 210 valence electrons. The molecule has 0 radical (unpaired) electrons. The minimum atomic E-state index is -1.34. The zero-order valence-corrected chi connectivity index (χ0v) is 23.5. The summed E-state index contributed by atoms with van der Waals surface area (Å²) in [6.45, 7) is 12.6. The van der Waals surface area contributed by atoms with Gasteiger partial charge in [0.1, 0.15) is 11.7 Å². The van der Waals surface area contributed by atoms with Crippen LogP contribution in [0.25, 0.3) is 0 Å². The van der Waals surface area contributed by atoms with Crippen molar-refractivity contribution >= 4 is 36.0 Å². The van der Waals surface area contributed by atoms with Gasteiger partial charge in [-0.15, -0.1) is 0 Å². The van der Waals surface area contributed by atoms with Gasteiger partial charge in [-0.3, -0.25) is 14.6 Å².